The van der Waals surface area contributed by atoms with Gasteiger partial charge in [0, 0.05) is 12.7 Å². The van der Waals surface area contributed by atoms with E-state index in [1.807, 2.05) is 19.1 Å². The van der Waals surface area contributed by atoms with Gasteiger partial charge in [-0.25, -0.2) is 0 Å². The van der Waals surface area contributed by atoms with Gasteiger partial charge in [-0.15, -0.1) is 0 Å². The van der Waals surface area contributed by atoms with Crippen molar-refractivity contribution in [1.29, 1.82) is 0 Å². The fourth-order valence-corrected chi connectivity index (χ4v) is 2.23. The molecule has 1 aromatic carbocycles. The van der Waals surface area contributed by atoms with Crippen molar-refractivity contribution in [2.24, 2.45) is 0 Å². The maximum absolute atomic E-state index is 12.9. The molecule has 0 saturated heterocycles. The average Bonchev–Trinajstić information content (AvgIpc) is 2.54. The molecule has 128 valence electrons. The molecule has 0 radical (unpaired) electrons. The molecule has 0 aliphatic carbocycles. The van der Waals surface area contributed by atoms with Crippen LogP contribution in [0.5, 0.6) is 0 Å². The number of para-hydroxylation sites is 1. The Morgan fingerprint density at radius 2 is 1.88 bits per heavy atom. The van der Waals surface area contributed by atoms with Crippen molar-refractivity contribution >= 4 is 11.6 Å². The first-order chi connectivity index (χ1) is 11.4. The van der Waals surface area contributed by atoms with Gasteiger partial charge in [-0.3, -0.25) is 14.7 Å². The molecular weight excluding hydrogens is 319 g/mol. The molecular formula is C17H18F3N3O. The standard InChI is InChI=1S/C17H18F3N3O/c1-2-23(11-13-7-5-6-10-21-13)12-16(24)22-15-9-4-3-8-14(15)17(18,19)20/h3-10H,2,11-12H2,1H3,(H,22,24). The molecule has 0 aliphatic rings. The van der Waals surface area contributed by atoms with Crippen LogP contribution in [0.25, 0.3) is 0 Å². The Morgan fingerprint density at radius 1 is 1.17 bits per heavy atom. The fraction of sp³-hybridized carbons (Fsp3) is 0.294. The molecule has 24 heavy (non-hydrogen) atoms. The first kappa shape index (κ1) is 17.9. The zero-order chi connectivity index (χ0) is 17.6. The molecule has 0 bridgehead atoms. The maximum Gasteiger partial charge on any atom is 0.418 e. The van der Waals surface area contributed by atoms with Crippen molar-refractivity contribution < 1.29 is 18.0 Å². The van der Waals surface area contributed by atoms with Gasteiger partial charge in [0.1, 0.15) is 0 Å². The fourth-order valence-electron chi connectivity index (χ4n) is 2.23. The zero-order valence-corrected chi connectivity index (χ0v) is 13.2. The maximum atomic E-state index is 12.9. The second-order valence-corrected chi connectivity index (χ2v) is 5.22. The van der Waals surface area contributed by atoms with Gasteiger partial charge in [-0.05, 0) is 30.8 Å². The van der Waals surface area contributed by atoms with E-state index < -0.39 is 17.6 Å². The van der Waals surface area contributed by atoms with Crippen LogP contribution in [0.15, 0.2) is 48.7 Å². The Kier molecular flexibility index (Phi) is 5.92. The molecule has 0 saturated carbocycles. The Morgan fingerprint density at radius 3 is 2.50 bits per heavy atom. The summed E-state index contributed by atoms with van der Waals surface area (Å²) < 4.78 is 38.8. The number of alkyl halides is 3. The molecule has 2 aromatic rings. The molecule has 1 heterocycles. The van der Waals surface area contributed by atoms with Crippen LogP contribution in [0.2, 0.25) is 0 Å². The lowest BCUT2D eigenvalue weighted by atomic mass is 10.1. The summed E-state index contributed by atoms with van der Waals surface area (Å²) in [6.07, 6.45) is -2.86. The van der Waals surface area contributed by atoms with Gasteiger partial charge in [0.15, 0.2) is 0 Å². The number of hydrogen-bond donors (Lipinski definition) is 1. The highest BCUT2D eigenvalue weighted by molar-refractivity contribution is 5.93. The number of amides is 1. The zero-order valence-electron chi connectivity index (χ0n) is 13.2. The summed E-state index contributed by atoms with van der Waals surface area (Å²) in [5.74, 6) is -0.496. The highest BCUT2D eigenvalue weighted by atomic mass is 19.4. The van der Waals surface area contributed by atoms with E-state index in [2.05, 4.69) is 10.3 Å². The van der Waals surface area contributed by atoms with E-state index in [1.54, 1.807) is 17.2 Å². The van der Waals surface area contributed by atoms with E-state index in [0.717, 1.165) is 11.8 Å². The predicted molar refractivity (Wildman–Crippen MR) is 85.3 cm³/mol. The number of aromatic nitrogens is 1. The molecule has 2 rings (SSSR count). The summed E-state index contributed by atoms with van der Waals surface area (Å²) in [6.45, 7) is 2.88. The molecule has 1 amide bonds. The van der Waals surface area contributed by atoms with Gasteiger partial charge in [-0.2, -0.15) is 13.2 Å². The monoisotopic (exact) mass is 337 g/mol. The van der Waals surface area contributed by atoms with Crippen LogP contribution >= 0.6 is 0 Å². The van der Waals surface area contributed by atoms with Crippen LogP contribution in [-0.2, 0) is 17.5 Å². The number of hydrogen-bond acceptors (Lipinski definition) is 3. The largest absolute Gasteiger partial charge is 0.418 e. The first-order valence-electron chi connectivity index (χ1n) is 7.48. The number of halogens is 3. The third-order valence-corrected chi connectivity index (χ3v) is 3.43. The molecule has 4 nitrogen and oxygen atoms in total. The van der Waals surface area contributed by atoms with Crippen molar-refractivity contribution in [1.82, 2.24) is 9.88 Å². The first-order valence-corrected chi connectivity index (χ1v) is 7.48. The van der Waals surface area contributed by atoms with E-state index in [1.165, 1.54) is 18.2 Å². The third kappa shape index (κ3) is 5.06. The number of benzene rings is 1. The Balaban J connectivity index is 2.02. The highest BCUT2D eigenvalue weighted by Gasteiger charge is 2.33. The quantitative estimate of drug-likeness (QED) is 0.877. The number of carbonyl (C=O) groups is 1. The van der Waals surface area contributed by atoms with Gasteiger partial charge in [0.2, 0.25) is 5.91 Å². The van der Waals surface area contributed by atoms with Crippen molar-refractivity contribution in [2.45, 2.75) is 19.6 Å². The van der Waals surface area contributed by atoms with Crippen LogP contribution in [-0.4, -0.2) is 28.9 Å². The van der Waals surface area contributed by atoms with Gasteiger partial charge in [0.25, 0.3) is 0 Å². The summed E-state index contributed by atoms with van der Waals surface area (Å²) in [5, 5.41) is 2.35. The van der Waals surface area contributed by atoms with Crippen molar-refractivity contribution in [3.05, 3.63) is 59.9 Å². The Bertz CT molecular complexity index is 674. The predicted octanol–water partition coefficient (Wildman–Crippen LogP) is 3.56. The molecule has 7 heteroatoms. The number of nitrogens with one attached hydrogen (secondary N) is 1. The lowest BCUT2D eigenvalue weighted by Crippen LogP contribution is -2.33. The van der Waals surface area contributed by atoms with Crippen LogP contribution in [0.1, 0.15) is 18.2 Å². The van der Waals surface area contributed by atoms with Crippen LogP contribution in [0.3, 0.4) is 0 Å². The molecule has 0 unspecified atom stereocenters. The number of rotatable bonds is 6. The number of pyridine rings is 1. The summed E-state index contributed by atoms with van der Waals surface area (Å²) in [6, 6.07) is 10.4. The molecule has 0 spiro atoms. The molecule has 1 aromatic heterocycles. The van der Waals surface area contributed by atoms with Crippen molar-refractivity contribution in [3.8, 4) is 0 Å². The summed E-state index contributed by atoms with van der Waals surface area (Å²) in [7, 11) is 0. The van der Waals surface area contributed by atoms with Gasteiger partial charge < -0.3 is 5.32 Å². The summed E-state index contributed by atoms with van der Waals surface area (Å²) in [4.78, 5) is 18.1. The van der Waals surface area contributed by atoms with Crippen LogP contribution < -0.4 is 5.32 Å². The molecule has 0 fully saturated rings. The Labute approximate surface area is 138 Å². The normalized spacial score (nSPS) is 11.5. The van der Waals surface area contributed by atoms with Gasteiger partial charge >= 0.3 is 6.18 Å². The molecule has 1 N–H and O–H groups in total. The second-order valence-electron chi connectivity index (χ2n) is 5.22. The minimum atomic E-state index is -4.51. The number of anilines is 1. The van der Waals surface area contributed by atoms with E-state index in [-0.39, 0.29) is 12.2 Å². The smallest absolute Gasteiger partial charge is 0.324 e. The minimum absolute atomic E-state index is 0.0146. The van der Waals surface area contributed by atoms with E-state index in [9.17, 15) is 18.0 Å². The molecule has 0 atom stereocenters. The average molecular weight is 337 g/mol. The third-order valence-electron chi connectivity index (χ3n) is 3.43. The van der Waals surface area contributed by atoms with E-state index in [0.29, 0.717) is 13.1 Å². The number of likely N-dealkylation sites (N-methyl/N-ethyl adjacent to an activating group) is 1. The molecule has 0 aliphatic heterocycles. The topological polar surface area (TPSA) is 45.2 Å². The number of nitrogens with zero attached hydrogens (tertiary/aromatic N) is 2. The van der Waals surface area contributed by atoms with Crippen LogP contribution in [0, 0.1) is 0 Å². The summed E-state index contributed by atoms with van der Waals surface area (Å²) >= 11 is 0. The van der Waals surface area contributed by atoms with Crippen molar-refractivity contribution in [3.63, 3.8) is 0 Å². The summed E-state index contributed by atoms with van der Waals surface area (Å²) in [5.41, 5.74) is -0.294. The van der Waals surface area contributed by atoms with Crippen LogP contribution in [0.4, 0.5) is 18.9 Å². The lowest BCUT2D eigenvalue weighted by molar-refractivity contribution is -0.137. The second kappa shape index (κ2) is 7.92. The SMILES string of the molecule is CCN(CC(=O)Nc1ccccc1C(F)(F)F)Cc1ccccn1. The van der Waals surface area contributed by atoms with Gasteiger partial charge in [-0.1, -0.05) is 25.1 Å². The highest BCUT2D eigenvalue weighted by Crippen LogP contribution is 2.34. The van der Waals surface area contributed by atoms with Crippen molar-refractivity contribution in [2.75, 3.05) is 18.4 Å². The van der Waals surface area contributed by atoms with E-state index >= 15 is 0 Å². The number of carbonyl (C=O) groups excluding carboxylic acids is 1. The van der Waals surface area contributed by atoms with E-state index in [4.69, 9.17) is 0 Å². The van der Waals surface area contributed by atoms with Gasteiger partial charge in [0.05, 0.1) is 23.5 Å². The lowest BCUT2D eigenvalue weighted by Gasteiger charge is -2.20. The minimum Gasteiger partial charge on any atom is -0.324 e. The Hall–Kier alpha value is -2.41.